The van der Waals surface area contributed by atoms with Gasteiger partial charge in [-0.05, 0) is 42.8 Å². The highest BCUT2D eigenvalue weighted by Crippen LogP contribution is 2.41. The third-order valence-corrected chi connectivity index (χ3v) is 5.51. The van der Waals surface area contributed by atoms with Crippen LogP contribution in [0.5, 0.6) is 0 Å². The van der Waals surface area contributed by atoms with Crippen LogP contribution in [0.2, 0.25) is 0 Å². The zero-order valence-electron chi connectivity index (χ0n) is 14.8. The summed E-state index contributed by atoms with van der Waals surface area (Å²) in [7, 11) is 0. The van der Waals surface area contributed by atoms with Gasteiger partial charge in [-0.15, -0.1) is 0 Å². The topological polar surface area (TPSA) is 75.6 Å². The fraction of sp³-hybridized carbons (Fsp3) is 0.150. The standard InChI is InChI=1S/C20H15BrFN5O/c1-10-18-13(12-8-11(21)6-7-14(12)22)9-17(28)25-19(18)27(26-10)20-23-15-4-2-3-5-16(15)24-20/h2-8,13H,9H2,1H3,(H,23,24)(H,25,28)/t13-/m1/s1. The van der Waals surface area contributed by atoms with Crippen LogP contribution in [0.4, 0.5) is 10.2 Å². The first-order valence-electron chi connectivity index (χ1n) is 8.80. The van der Waals surface area contributed by atoms with Crippen LogP contribution in [-0.4, -0.2) is 25.7 Å². The average Bonchev–Trinajstić information content (AvgIpc) is 3.24. The lowest BCUT2D eigenvalue weighted by Crippen LogP contribution is -2.25. The summed E-state index contributed by atoms with van der Waals surface area (Å²) in [6.45, 7) is 1.86. The van der Waals surface area contributed by atoms with E-state index in [4.69, 9.17) is 0 Å². The number of benzene rings is 2. The van der Waals surface area contributed by atoms with E-state index < -0.39 is 5.92 Å². The van der Waals surface area contributed by atoms with Crippen molar-refractivity contribution in [1.82, 2.24) is 19.7 Å². The molecule has 8 heteroatoms. The first-order chi connectivity index (χ1) is 13.5. The Balaban J connectivity index is 1.70. The quantitative estimate of drug-likeness (QED) is 0.484. The molecule has 0 fully saturated rings. The Morgan fingerprint density at radius 1 is 1.25 bits per heavy atom. The highest BCUT2D eigenvalue weighted by atomic mass is 79.9. The number of hydrogen-bond acceptors (Lipinski definition) is 3. The number of halogens is 2. The number of H-pyrrole nitrogens is 1. The Labute approximate surface area is 167 Å². The molecular weight excluding hydrogens is 425 g/mol. The van der Waals surface area contributed by atoms with Gasteiger partial charge in [0, 0.05) is 22.4 Å². The highest BCUT2D eigenvalue weighted by Gasteiger charge is 2.34. The fourth-order valence-corrected chi connectivity index (χ4v) is 4.17. The fourth-order valence-electron chi connectivity index (χ4n) is 3.79. The molecular formula is C20H15BrFN5O. The number of nitrogens with one attached hydrogen (secondary N) is 2. The van der Waals surface area contributed by atoms with Crippen molar-refractivity contribution < 1.29 is 9.18 Å². The van der Waals surface area contributed by atoms with E-state index in [-0.39, 0.29) is 18.1 Å². The van der Waals surface area contributed by atoms with Gasteiger partial charge in [-0.2, -0.15) is 9.78 Å². The van der Waals surface area contributed by atoms with E-state index in [1.165, 1.54) is 6.07 Å². The van der Waals surface area contributed by atoms with E-state index in [0.717, 1.165) is 26.8 Å². The van der Waals surface area contributed by atoms with Crippen molar-refractivity contribution >= 4 is 38.7 Å². The van der Waals surface area contributed by atoms with Gasteiger partial charge in [0.25, 0.3) is 0 Å². The number of carbonyl (C=O) groups is 1. The lowest BCUT2D eigenvalue weighted by molar-refractivity contribution is -0.116. The van der Waals surface area contributed by atoms with Gasteiger partial charge in [0.1, 0.15) is 11.6 Å². The molecule has 5 rings (SSSR count). The minimum atomic E-state index is -0.417. The number of para-hydroxylation sites is 2. The Kier molecular flexibility index (Phi) is 3.83. The SMILES string of the molecule is Cc1nn(-c2nc3ccccc3[nH]2)c2c1[C@@H](c1cc(Br)ccc1F)CC(=O)N2. The Bertz CT molecular complexity index is 1210. The van der Waals surface area contributed by atoms with Crippen LogP contribution in [0.1, 0.15) is 29.2 Å². The maximum atomic E-state index is 14.6. The van der Waals surface area contributed by atoms with E-state index in [1.807, 2.05) is 31.2 Å². The molecule has 1 aliphatic heterocycles. The van der Waals surface area contributed by atoms with Crippen molar-refractivity contribution in [2.24, 2.45) is 0 Å². The van der Waals surface area contributed by atoms with Gasteiger partial charge in [0.2, 0.25) is 11.9 Å². The number of carbonyl (C=O) groups excluding carboxylic acids is 1. The van der Waals surface area contributed by atoms with Crippen molar-refractivity contribution in [1.29, 1.82) is 0 Å². The monoisotopic (exact) mass is 439 g/mol. The van der Waals surface area contributed by atoms with Crippen LogP contribution >= 0.6 is 15.9 Å². The van der Waals surface area contributed by atoms with Crippen LogP contribution in [0.3, 0.4) is 0 Å². The lowest BCUT2D eigenvalue weighted by atomic mass is 9.85. The summed E-state index contributed by atoms with van der Waals surface area (Å²) in [5.74, 6) is 0.0802. The maximum absolute atomic E-state index is 14.6. The van der Waals surface area contributed by atoms with Gasteiger partial charge in [-0.25, -0.2) is 9.37 Å². The summed E-state index contributed by atoms with van der Waals surface area (Å²) in [4.78, 5) is 20.2. The average molecular weight is 440 g/mol. The van der Waals surface area contributed by atoms with Gasteiger partial charge < -0.3 is 10.3 Å². The highest BCUT2D eigenvalue weighted by molar-refractivity contribution is 9.10. The maximum Gasteiger partial charge on any atom is 0.231 e. The molecule has 1 atom stereocenters. The summed E-state index contributed by atoms with van der Waals surface area (Å²) in [5, 5.41) is 7.49. The molecule has 0 unspecified atom stereocenters. The van der Waals surface area contributed by atoms with Crippen molar-refractivity contribution in [2.75, 3.05) is 5.32 Å². The molecule has 0 spiro atoms. The second-order valence-corrected chi connectivity index (χ2v) is 7.72. The van der Waals surface area contributed by atoms with Crippen molar-refractivity contribution in [3.8, 4) is 5.95 Å². The van der Waals surface area contributed by atoms with Crippen LogP contribution in [0, 0.1) is 12.7 Å². The molecule has 4 aromatic rings. The summed E-state index contributed by atoms with van der Waals surface area (Å²) >= 11 is 3.39. The number of amides is 1. The van der Waals surface area contributed by atoms with E-state index in [1.54, 1.807) is 16.8 Å². The zero-order chi connectivity index (χ0) is 19.4. The number of aromatic amines is 1. The Morgan fingerprint density at radius 2 is 2.07 bits per heavy atom. The summed E-state index contributed by atoms with van der Waals surface area (Å²) < 4.78 is 16.9. The molecule has 140 valence electrons. The lowest BCUT2D eigenvalue weighted by Gasteiger charge is -2.24. The molecule has 28 heavy (non-hydrogen) atoms. The number of hydrogen-bond donors (Lipinski definition) is 2. The van der Waals surface area contributed by atoms with Crippen LogP contribution in [0.15, 0.2) is 46.9 Å². The molecule has 0 radical (unpaired) electrons. The van der Waals surface area contributed by atoms with Crippen LogP contribution in [-0.2, 0) is 4.79 Å². The molecule has 0 bridgehead atoms. The Morgan fingerprint density at radius 3 is 2.89 bits per heavy atom. The molecule has 1 aliphatic rings. The normalized spacial score (nSPS) is 16.2. The Hall–Kier alpha value is -3.00. The predicted octanol–water partition coefficient (Wildman–Crippen LogP) is 4.43. The first-order valence-corrected chi connectivity index (χ1v) is 9.60. The molecule has 3 heterocycles. The molecule has 2 aromatic heterocycles. The van der Waals surface area contributed by atoms with Crippen LogP contribution in [0.25, 0.3) is 17.0 Å². The number of aromatic nitrogens is 4. The number of rotatable bonds is 2. The van der Waals surface area contributed by atoms with Crippen molar-refractivity contribution in [3.63, 3.8) is 0 Å². The minimum Gasteiger partial charge on any atom is -0.322 e. The largest absolute Gasteiger partial charge is 0.322 e. The molecule has 2 N–H and O–H groups in total. The second-order valence-electron chi connectivity index (χ2n) is 6.81. The van der Waals surface area contributed by atoms with Crippen LogP contribution < -0.4 is 5.32 Å². The van der Waals surface area contributed by atoms with Gasteiger partial charge in [-0.3, -0.25) is 4.79 Å². The molecule has 1 amide bonds. The van der Waals surface area contributed by atoms with E-state index in [9.17, 15) is 9.18 Å². The number of aryl methyl sites for hydroxylation is 1. The number of fused-ring (bicyclic) bond motifs is 2. The minimum absolute atomic E-state index is 0.160. The van der Waals surface area contributed by atoms with Gasteiger partial charge in [0.15, 0.2) is 0 Å². The molecule has 0 saturated heterocycles. The third kappa shape index (κ3) is 2.63. The van der Waals surface area contributed by atoms with E-state index >= 15 is 0 Å². The molecule has 2 aromatic carbocycles. The summed E-state index contributed by atoms with van der Waals surface area (Å²) in [6, 6.07) is 12.4. The smallest absolute Gasteiger partial charge is 0.231 e. The molecule has 0 saturated carbocycles. The molecule has 0 aliphatic carbocycles. The van der Waals surface area contributed by atoms with E-state index in [2.05, 4.69) is 36.3 Å². The number of nitrogens with zero attached hydrogens (tertiary/aromatic N) is 3. The molecule has 6 nitrogen and oxygen atoms in total. The third-order valence-electron chi connectivity index (χ3n) is 5.01. The number of anilines is 1. The summed E-state index contributed by atoms with van der Waals surface area (Å²) in [6.07, 6.45) is 0.160. The summed E-state index contributed by atoms with van der Waals surface area (Å²) in [5.41, 5.74) is 3.67. The first kappa shape index (κ1) is 17.1. The predicted molar refractivity (Wildman–Crippen MR) is 107 cm³/mol. The van der Waals surface area contributed by atoms with Crippen molar-refractivity contribution in [3.05, 3.63) is 69.6 Å². The second kappa shape index (κ2) is 6.27. The van der Waals surface area contributed by atoms with E-state index in [0.29, 0.717) is 17.3 Å². The van der Waals surface area contributed by atoms with Gasteiger partial charge >= 0.3 is 0 Å². The van der Waals surface area contributed by atoms with Gasteiger partial charge in [0.05, 0.1) is 16.7 Å². The van der Waals surface area contributed by atoms with Crippen molar-refractivity contribution in [2.45, 2.75) is 19.3 Å². The number of imidazole rings is 1. The zero-order valence-corrected chi connectivity index (χ0v) is 16.4. The van der Waals surface area contributed by atoms with Gasteiger partial charge in [-0.1, -0.05) is 28.1 Å².